The van der Waals surface area contributed by atoms with E-state index in [0.29, 0.717) is 18.0 Å². The van der Waals surface area contributed by atoms with Crippen LogP contribution in [-0.2, 0) is 4.74 Å². The van der Waals surface area contributed by atoms with E-state index in [-0.39, 0.29) is 0 Å². The summed E-state index contributed by atoms with van der Waals surface area (Å²) < 4.78 is 17.7. The number of nitrogens with zero attached hydrogens (tertiary/aromatic N) is 2. The molecule has 1 fully saturated rings. The van der Waals surface area contributed by atoms with E-state index in [4.69, 9.17) is 14.2 Å². The Morgan fingerprint density at radius 1 is 1.03 bits per heavy atom. The van der Waals surface area contributed by atoms with Crippen molar-refractivity contribution in [2.45, 2.75) is 6.92 Å². The summed E-state index contributed by atoms with van der Waals surface area (Å²) >= 11 is 0. The van der Waals surface area contributed by atoms with E-state index in [1.54, 1.807) is 18.5 Å². The number of benzene rings is 3. The minimum atomic E-state index is -0.532. The molecule has 0 bridgehead atoms. The van der Waals surface area contributed by atoms with Gasteiger partial charge in [0, 0.05) is 30.5 Å². The Labute approximate surface area is 198 Å². The predicted molar refractivity (Wildman–Crippen MR) is 132 cm³/mol. The third-order valence-electron chi connectivity index (χ3n) is 5.02. The summed E-state index contributed by atoms with van der Waals surface area (Å²) in [5.74, 6) is 1.30. The number of para-hydroxylation sites is 1. The van der Waals surface area contributed by atoms with Crippen LogP contribution in [0.2, 0.25) is 0 Å². The molecule has 0 unspecified atom stereocenters. The SMILES string of the molecule is C1COCCN1.CCOc1ccc2c(c1)ncn2-c1ccc(NC(=O)Oc2ccccc2)cc1. The molecule has 0 spiro atoms. The lowest BCUT2D eigenvalue weighted by Gasteiger charge is -2.10. The zero-order valence-corrected chi connectivity index (χ0v) is 19.1. The number of imidazole rings is 1. The second-order valence-electron chi connectivity index (χ2n) is 7.43. The number of hydrogen-bond acceptors (Lipinski definition) is 6. The fourth-order valence-electron chi connectivity index (χ4n) is 3.41. The Balaban J connectivity index is 0.000000398. The minimum absolute atomic E-state index is 0.493. The highest BCUT2D eigenvalue weighted by molar-refractivity contribution is 5.86. The van der Waals surface area contributed by atoms with E-state index in [0.717, 1.165) is 48.8 Å². The largest absolute Gasteiger partial charge is 0.494 e. The minimum Gasteiger partial charge on any atom is -0.494 e. The van der Waals surface area contributed by atoms with Crippen LogP contribution in [0.3, 0.4) is 0 Å². The lowest BCUT2D eigenvalue weighted by molar-refractivity contribution is 0.109. The van der Waals surface area contributed by atoms with Gasteiger partial charge in [-0.3, -0.25) is 9.88 Å². The van der Waals surface area contributed by atoms with Crippen molar-refractivity contribution in [3.05, 3.63) is 79.1 Å². The molecule has 0 atom stereocenters. The van der Waals surface area contributed by atoms with Crippen molar-refractivity contribution in [3.8, 4) is 17.2 Å². The van der Waals surface area contributed by atoms with Crippen LogP contribution in [-0.4, -0.2) is 48.6 Å². The van der Waals surface area contributed by atoms with E-state index >= 15 is 0 Å². The zero-order valence-electron chi connectivity index (χ0n) is 19.1. The van der Waals surface area contributed by atoms with Crippen molar-refractivity contribution >= 4 is 22.8 Å². The number of ether oxygens (including phenoxy) is 3. The number of nitrogens with one attached hydrogen (secondary N) is 2. The first-order valence-corrected chi connectivity index (χ1v) is 11.3. The van der Waals surface area contributed by atoms with E-state index in [9.17, 15) is 4.79 Å². The van der Waals surface area contributed by atoms with Gasteiger partial charge < -0.3 is 19.5 Å². The Morgan fingerprint density at radius 3 is 2.44 bits per heavy atom. The molecule has 1 aliphatic heterocycles. The van der Waals surface area contributed by atoms with E-state index < -0.39 is 6.09 Å². The second-order valence-corrected chi connectivity index (χ2v) is 7.43. The number of fused-ring (bicyclic) bond motifs is 1. The first-order chi connectivity index (χ1) is 16.7. The number of aromatic nitrogens is 2. The van der Waals surface area contributed by atoms with Crippen LogP contribution in [0.4, 0.5) is 10.5 Å². The van der Waals surface area contributed by atoms with Crippen molar-refractivity contribution in [3.63, 3.8) is 0 Å². The van der Waals surface area contributed by atoms with Crippen LogP contribution in [0.5, 0.6) is 11.5 Å². The van der Waals surface area contributed by atoms with Gasteiger partial charge in [-0.15, -0.1) is 0 Å². The molecule has 1 aromatic heterocycles. The van der Waals surface area contributed by atoms with Gasteiger partial charge in [-0.1, -0.05) is 18.2 Å². The first kappa shape index (κ1) is 23.3. The standard InChI is InChI=1S/C22H19N3O3.C4H9NO/c1-2-27-19-12-13-21-20(14-19)23-15-25(21)17-10-8-16(9-11-17)24-22(26)28-18-6-4-3-5-7-18;1-3-6-4-2-5-1/h3-15H,2H2,1H3,(H,24,26);5H,1-4H2. The third kappa shape index (κ3) is 6.34. The van der Waals surface area contributed by atoms with Crippen LogP contribution in [0.15, 0.2) is 79.1 Å². The average molecular weight is 461 g/mol. The molecule has 176 valence electrons. The highest BCUT2D eigenvalue weighted by Gasteiger charge is 2.08. The summed E-state index contributed by atoms with van der Waals surface area (Å²) in [7, 11) is 0. The third-order valence-corrected chi connectivity index (χ3v) is 5.02. The fourth-order valence-corrected chi connectivity index (χ4v) is 3.41. The summed E-state index contributed by atoms with van der Waals surface area (Å²) in [6.07, 6.45) is 1.24. The molecule has 2 heterocycles. The van der Waals surface area contributed by atoms with Crippen LogP contribution in [0, 0.1) is 0 Å². The molecule has 8 nitrogen and oxygen atoms in total. The second kappa shape index (κ2) is 11.8. The van der Waals surface area contributed by atoms with Crippen molar-refractivity contribution < 1.29 is 19.0 Å². The number of anilines is 1. The van der Waals surface area contributed by atoms with Crippen molar-refractivity contribution in [1.29, 1.82) is 0 Å². The highest BCUT2D eigenvalue weighted by atomic mass is 16.6. The highest BCUT2D eigenvalue weighted by Crippen LogP contribution is 2.23. The van der Waals surface area contributed by atoms with Gasteiger partial charge in [-0.05, 0) is 55.5 Å². The van der Waals surface area contributed by atoms with Crippen molar-refractivity contribution in [1.82, 2.24) is 14.9 Å². The molecule has 0 saturated carbocycles. The van der Waals surface area contributed by atoms with Crippen molar-refractivity contribution in [2.24, 2.45) is 0 Å². The van der Waals surface area contributed by atoms with Gasteiger partial charge in [-0.25, -0.2) is 9.78 Å². The summed E-state index contributed by atoms with van der Waals surface area (Å²) in [4.78, 5) is 16.4. The van der Waals surface area contributed by atoms with Gasteiger partial charge >= 0.3 is 6.09 Å². The summed E-state index contributed by atoms with van der Waals surface area (Å²) in [5.41, 5.74) is 3.42. The molecule has 5 rings (SSSR count). The molecule has 1 saturated heterocycles. The molecule has 8 heteroatoms. The van der Waals surface area contributed by atoms with Gasteiger partial charge in [0.2, 0.25) is 0 Å². The maximum absolute atomic E-state index is 12.0. The summed E-state index contributed by atoms with van der Waals surface area (Å²) in [6.45, 7) is 6.40. The number of rotatable bonds is 5. The average Bonchev–Trinajstić information content (AvgIpc) is 3.30. The van der Waals surface area contributed by atoms with E-state index in [1.807, 2.05) is 72.2 Å². The van der Waals surface area contributed by atoms with E-state index in [2.05, 4.69) is 15.6 Å². The number of carbonyl (C=O) groups excluding carboxylic acids is 1. The molecular weight excluding hydrogens is 432 g/mol. The number of carbonyl (C=O) groups is 1. The van der Waals surface area contributed by atoms with Gasteiger partial charge in [0.05, 0.1) is 30.9 Å². The molecule has 4 aromatic rings. The van der Waals surface area contributed by atoms with Gasteiger partial charge in [0.1, 0.15) is 17.8 Å². The monoisotopic (exact) mass is 460 g/mol. The van der Waals surface area contributed by atoms with E-state index in [1.165, 1.54) is 0 Å². The summed E-state index contributed by atoms with van der Waals surface area (Å²) in [5, 5.41) is 5.88. The zero-order chi connectivity index (χ0) is 23.6. The smallest absolute Gasteiger partial charge is 0.417 e. The van der Waals surface area contributed by atoms with Crippen LogP contribution < -0.4 is 20.1 Å². The van der Waals surface area contributed by atoms with Crippen molar-refractivity contribution in [2.75, 3.05) is 38.2 Å². The van der Waals surface area contributed by atoms with Gasteiger partial charge in [0.25, 0.3) is 0 Å². The molecule has 2 N–H and O–H groups in total. The normalized spacial score (nSPS) is 13.0. The molecule has 0 aliphatic carbocycles. The first-order valence-electron chi connectivity index (χ1n) is 11.3. The molecule has 3 aromatic carbocycles. The maximum Gasteiger partial charge on any atom is 0.417 e. The molecule has 1 aliphatic rings. The van der Waals surface area contributed by atoms with Gasteiger partial charge in [-0.2, -0.15) is 0 Å². The Bertz CT molecular complexity index is 1180. The van der Waals surface area contributed by atoms with Crippen LogP contribution in [0.1, 0.15) is 6.92 Å². The molecule has 0 radical (unpaired) electrons. The number of amides is 1. The maximum atomic E-state index is 12.0. The van der Waals surface area contributed by atoms with Crippen LogP contribution in [0.25, 0.3) is 16.7 Å². The molecular formula is C26H28N4O4. The Hall–Kier alpha value is -3.88. The summed E-state index contributed by atoms with van der Waals surface area (Å²) in [6, 6.07) is 22.2. The topological polar surface area (TPSA) is 86.6 Å². The number of hydrogen-bond donors (Lipinski definition) is 2. The quantitative estimate of drug-likeness (QED) is 0.451. The Morgan fingerprint density at radius 2 is 1.79 bits per heavy atom. The molecule has 34 heavy (non-hydrogen) atoms. The van der Waals surface area contributed by atoms with Gasteiger partial charge in [0.15, 0.2) is 0 Å². The fraction of sp³-hybridized carbons (Fsp3) is 0.231. The lowest BCUT2D eigenvalue weighted by atomic mass is 10.2. The van der Waals surface area contributed by atoms with Crippen LogP contribution >= 0.6 is 0 Å². The Kier molecular flexibility index (Phi) is 8.10. The lowest BCUT2D eigenvalue weighted by Crippen LogP contribution is -2.30. The molecule has 1 amide bonds. The number of morpholine rings is 1. The predicted octanol–water partition coefficient (Wildman–Crippen LogP) is 4.64.